The van der Waals surface area contributed by atoms with E-state index in [-0.39, 0.29) is 5.92 Å². The number of aliphatic carboxylic acids is 1. The highest BCUT2D eigenvalue weighted by atomic mass is 16.4. The predicted octanol–water partition coefficient (Wildman–Crippen LogP) is -0.875. The van der Waals surface area contributed by atoms with Crippen LogP contribution < -0.4 is 5.73 Å². The number of rotatable bonds is 4. The first-order valence-corrected chi connectivity index (χ1v) is 4.56. The van der Waals surface area contributed by atoms with E-state index < -0.39 is 23.7 Å². The highest BCUT2D eigenvalue weighted by Gasteiger charge is 2.60. The Labute approximate surface area is 83.1 Å². The summed E-state index contributed by atoms with van der Waals surface area (Å²) in [5, 5.41) is 8.83. The first-order chi connectivity index (χ1) is 6.24. The molecule has 0 aromatic rings. The van der Waals surface area contributed by atoms with Crippen molar-refractivity contribution in [3.05, 3.63) is 0 Å². The van der Waals surface area contributed by atoms with Crippen molar-refractivity contribution in [2.24, 2.45) is 23.5 Å². The summed E-state index contributed by atoms with van der Waals surface area (Å²) in [4.78, 5) is 21.7. The van der Waals surface area contributed by atoms with Crippen LogP contribution in [-0.2, 0) is 9.59 Å². The molecule has 3 atom stereocenters. The summed E-state index contributed by atoms with van der Waals surface area (Å²) in [7, 11) is 5.90. The van der Waals surface area contributed by atoms with Gasteiger partial charge in [-0.1, -0.05) is 0 Å². The van der Waals surface area contributed by atoms with Gasteiger partial charge in [-0.2, -0.15) is 0 Å². The number of carbonyl (C=O) groups excluding carboxylic acids is 1. The van der Waals surface area contributed by atoms with Crippen molar-refractivity contribution in [2.45, 2.75) is 0 Å². The fourth-order valence-corrected chi connectivity index (χ4v) is 1.96. The number of nitrogens with two attached hydrogens (primary N) is 1. The van der Waals surface area contributed by atoms with Gasteiger partial charge in [0.05, 0.1) is 39.5 Å². The van der Waals surface area contributed by atoms with E-state index in [9.17, 15) is 9.59 Å². The van der Waals surface area contributed by atoms with Crippen LogP contribution in [0.25, 0.3) is 0 Å². The number of hydrogen-bond donors (Lipinski definition) is 2. The van der Waals surface area contributed by atoms with Crippen LogP contribution in [0.5, 0.6) is 0 Å². The second-order valence-corrected chi connectivity index (χ2v) is 4.93. The molecule has 0 spiro atoms. The summed E-state index contributed by atoms with van der Waals surface area (Å²) in [6.45, 7) is 0.671. The largest absolute Gasteiger partial charge is 0.481 e. The van der Waals surface area contributed by atoms with E-state index in [0.29, 0.717) is 11.0 Å². The number of carboxylic acid groups (broad SMARTS) is 1. The Balaban J connectivity index is 2.64. The standard InChI is InChI=1S/C9H16N2O3/c1-11(2,3)4-5-6(8(10)12)7(5)9(13)14/h5-7H,4H2,1-3H3,(H2-,10,12,13,14)/p+1/t5-,6+,7+/m1/s1. The maximum absolute atomic E-state index is 10.9. The molecule has 1 fully saturated rings. The monoisotopic (exact) mass is 201 g/mol. The highest BCUT2D eigenvalue weighted by molar-refractivity contribution is 5.89. The Kier molecular flexibility index (Phi) is 2.54. The zero-order valence-electron chi connectivity index (χ0n) is 8.73. The average Bonchev–Trinajstić information content (AvgIpc) is 2.57. The molecule has 0 bridgehead atoms. The molecule has 0 radical (unpaired) electrons. The van der Waals surface area contributed by atoms with Gasteiger partial charge in [0, 0.05) is 5.92 Å². The van der Waals surface area contributed by atoms with Gasteiger partial charge in [0.1, 0.15) is 0 Å². The molecule has 80 valence electrons. The van der Waals surface area contributed by atoms with E-state index in [0.717, 1.165) is 0 Å². The number of quaternary nitrogens is 1. The molecule has 5 nitrogen and oxygen atoms in total. The fraction of sp³-hybridized carbons (Fsp3) is 0.778. The Morgan fingerprint density at radius 3 is 2.00 bits per heavy atom. The van der Waals surface area contributed by atoms with Crippen molar-refractivity contribution in [2.75, 3.05) is 27.7 Å². The molecule has 0 aromatic carbocycles. The van der Waals surface area contributed by atoms with Crippen LogP contribution in [0.15, 0.2) is 0 Å². The molecule has 0 unspecified atom stereocenters. The van der Waals surface area contributed by atoms with Crippen LogP contribution in [-0.4, -0.2) is 49.2 Å². The lowest BCUT2D eigenvalue weighted by Gasteiger charge is -2.23. The number of carbonyl (C=O) groups is 2. The number of carboxylic acids is 1. The molecular formula is C9H17N2O3+. The minimum Gasteiger partial charge on any atom is -0.481 e. The molecule has 0 aromatic heterocycles. The van der Waals surface area contributed by atoms with Crippen molar-refractivity contribution in [1.82, 2.24) is 0 Å². The summed E-state index contributed by atoms with van der Waals surface area (Å²) in [6.07, 6.45) is 0. The lowest BCUT2D eigenvalue weighted by atomic mass is 10.3. The van der Waals surface area contributed by atoms with Crippen LogP contribution in [0.2, 0.25) is 0 Å². The average molecular weight is 201 g/mol. The molecule has 0 aliphatic heterocycles. The number of hydrogen-bond acceptors (Lipinski definition) is 2. The van der Waals surface area contributed by atoms with Gasteiger partial charge < -0.3 is 15.3 Å². The van der Waals surface area contributed by atoms with Crippen LogP contribution >= 0.6 is 0 Å². The minimum atomic E-state index is -0.910. The van der Waals surface area contributed by atoms with Gasteiger partial charge in [-0.3, -0.25) is 9.59 Å². The van der Waals surface area contributed by atoms with E-state index in [1.807, 2.05) is 21.1 Å². The van der Waals surface area contributed by atoms with E-state index in [1.54, 1.807) is 0 Å². The van der Waals surface area contributed by atoms with Crippen LogP contribution in [0, 0.1) is 17.8 Å². The van der Waals surface area contributed by atoms with Gasteiger partial charge in [0.15, 0.2) is 0 Å². The maximum atomic E-state index is 10.9. The third-order valence-corrected chi connectivity index (χ3v) is 2.54. The molecule has 1 rings (SSSR count). The van der Waals surface area contributed by atoms with Gasteiger partial charge in [-0.25, -0.2) is 0 Å². The van der Waals surface area contributed by atoms with Gasteiger partial charge in [0.2, 0.25) is 5.91 Å². The first-order valence-electron chi connectivity index (χ1n) is 4.56. The summed E-state index contributed by atoms with van der Waals surface area (Å²) in [5.74, 6) is -2.53. The Hall–Kier alpha value is -1.10. The zero-order chi connectivity index (χ0) is 11.1. The zero-order valence-corrected chi connectivity index (χ0v) is 8.73. The Morgan fingerprint density at radius 2 is 1.79 bits per heavy atom. The second-order valence-electron chi connectivity index (χ2n) is 4.93. The smallest absolute Gasteiger partial charge is 0.307 e. The topological polar surface area (TPSA) is 80.4 Å². The third kappa shape index (κ3) is 2.23. The molecule has 14 heavy (non-hydrogen) atoms. The second kappa shape index (κ2) is 3.24. The number of nitrogens with zero attached hydrogens (tertiary/aromatic N) is 1. The summed E-state index contributed by atoms with van der Waals surface area (Å²) in [6, 6.07) is 0. The van der Waals surface area contributed by atoms with Crippen LogP contribution in [0.3, 0.4) is 0 Å². The predicted molar refractivity (Wildman–Crippen MR) is 50.2 cm³/mol. The molecule has 1 aliphatic rings. The van der Waals surface area contributed by atoms with Crippen molar-refractivity contribution < 1.29 is 19.2 Å². The van der Waals surface area contributed by atoms with Crippen molar-refractivity contribution >= 4 is 11.9 Å². The number of primary amides is 1. The van der Waals surface area contributed by atoms with Crippen molar-refractivity contribution in [3.63, 3.8) is 0 Å². The lowest BCUT2D eigenvalue weighted by molar-refractivity contribution is -0.872. The molecule has 1 aliphatic carbocycles. The quantitative estimate of drug-likeness (QED) is 0.580. The molecule has 1 saturated carbocycles. The van der Waals surface area contributed by atoms with Gasteiger partial charge >= 0.3 is 5.97 Å². The highest BCUT2D eigenvalue weighted by Crippen LogP contribution is 2.47. The van der Waals surface area contributed by atoms with E-state index >= 15 is 0 Å². The molecule has 1 amide bonds. The first kappa shape index (κ1) is 11.0. The Bertz CT molecular complexity index is 250. The fourth-order valence-electron chi connectivity index (χ4n) is 1.96. The van der Waals surface area contributed by atoms with Gasteiger partial charge in [-0.05, 0) is 0 Å². The van der Waals surface area contributed by atoms with Crippen molar-refractivity contribution in [1.29, 1.82) is 0 Å². The number of amides is 1. The third-order valence-electron chi connectivity index (χ3n) is 2.54. The Morgan fingerprint density at radius 1 is 1.29 bits per heavy atom. The van der Waals surface area contributed by atoms with Crippen LogP contribution in [0.1, 0.15) is 0 Å². The molecule has 0 saturated heterocycles. The SMILES string of the molecule is C[N+](C)(C)C[C@@H]1[C@H](C(N)=O)[C@H]1C(=O)O. The van der Waals surface area contributed by atoms with Gasteiger partial charge in [-0.15, -0.1) is 0 Å². The summed E-state index contributed by atoms with van der Waals surface area (Å²) < 4.78 is 0.651. The summed E-state index contributed by atoms with van der Waals surface area (Å²) in [5.41, 5.74) is 5.13. The van der Waals surface area contributed by atoms with E-state index in [1.165, 1.54) is 0 Å². The van der Waals surface area contributed by atoms with E-state index in [2.05, 4.69) is 0 Å². The minimum absolute atomic E-state index is 0.0926. The molecule has 5 heteroatoms. The lowest BCUT2D eigenvalue weighted by Crippen LogP contribution is -2.37. The molecule has 3 N–H and O–H groups in total. The molecule has 0 heterocycles. The summed E-state index contributed by atoms with van der Waals surface area (Å²) >= 11 is 0. The normalized spacial score (nSPS) is 31.2. The maximum Gasteiger partial charge on any atom is 0.307 e. The van der Waals surface area contributed by atoms with Crippen LogP contribution in [0.4, 0.5) is 0 Å². The molecular weight excluding hydrogens is 184 g/mol. The van der Waals surface area contributed by atoms with Gasteiger partial charge in [0.25, 0.3) is 0 Å². The van der Waals surface area contributed by atoms with Crippen molar-refractivity contribution in [3.8, 4) is 0 Å². The van der Waals surface area contributed by atoms with E-state index in [4.69, 9.17) is 10.8 Å².